The van der Waals surface area contributed by atoms with Gasteiger partial charge in [-0.05, 0) is 18.2 Å². The predicted molar refractivity (Wildman–Crippen MR) is 60.9 cm³/mol. The molecule has 78 valence electrons. The Morgan fingerprint density at radius 2 is 2.07 bits per heavy atom. The maximum absolute atomic E-state index is 11.3. The monoisotopic (exact) mass is 250 g/mol. The van der Waals surface area contributed by atoms with Crippen LogP contribution in [0.2, 0.25) is 0 Å². The highest BCUT2D eigenvalue weighted by molar-refractivity contribution is 8.68. The Kier molecular flexibility index (Phi) is 3.74. The molecule has 3 nitrogen and oxygen atoms in total. The van der Waals surface area contributed by atoms with Crippen LogP contribution in [0.1, 0.15) is 0 Å². The number of hydrogen-bond donors (Lipinski definition) is 1. The van der Waals surface area contributed by atoms with Crippen LogP contribution in [0.4, 0.5) is 0 Å². The summed E-state index contributed by atoms with van der Waals surface area (Å²) in [5, 5.41) is 0. The lowest BCUT2D eigenvalue weighted by Crippen LogP contribution is -2.00. The minimum absolute atomic E-state index is 0.200. The van der Waals surface area contributed by atoms with Crippen LogP contribution in [0.3, 0.4) is 0 Å². The molecule has 0 radical (unpaired) electrons. The second-order valence-corrected chi connectivity index (χ2v) is 5.86. The van der Waals surface area contributed by atoms with E-state index in [1.54, 1.807) is 12.1 Å². The summed E-state index contributed by atoms with van der Waals surface area (Å²) < 4.78 is 27.6. The molecule has 0 aliphatic carbocycles. The van der Waals surface area contributed by atoms with E-state index in [1.807, 2.05) is 0 Å². The zero-order valence-electron chi connectivity index (χ0n) is 7.72. The minimum atomic E-state index is -3.23. The van der Waals surface area contributed by atoms with E-state index in [9.17, 15) is 8.42 Å². The highest BCUT2D eigenvalue weighted by atomic mass is 33.1. The molecule has 0 unspecified atom stereocenters. The molecular formula is C8H10O3S3. The van der Waals surface area contributed by atoms with E-state index < -0.39 is 9.84 Å². The summed E-state index contributed by atoms with van der Waals surface area (Å²) in [5.74, 6) is 0.353. The lowest BCUT2D eigenvalue weighted by Gasteiger charge is -2.07. The second kappa shape index (κ2) is 4.46. The number of sulfone groups is 1. The Morgan fingerprint density at radius 1 is 1.43 bits per heavy atom. The largest absolute Gasteiger partial charge is 0.495 e. The van der Waals surface area contributed by atoms with Gasteiger partial charge >= 0.3 is 0 Å². The van der Waals surface area contributed by atoms with Crippen molar-refractivity contribution in [2.75, 3.05) is 13.4 Å². The van der Waals surface area contributed by atoms with Crippen molar-refractivity contribution in [3.05, 3.63) is 18.2 Å². The molecule has 0 spiro atoms. The van der Waals surface area contributed by atoms with Crippen molar-refractivity contribution in [1.29, 1.82) is 0 Å². The van der Waals surface area contributed by atoms with Gasteiger partial charge in [-0.25, -0.2) is 8.42 Å². The smallest absolute Gasteiger partial charge is 0.179 e. The van der Waals surface area contributed by atoms with Crippen LogP contribution in [0, 0.1) is 0 Å². The van der Waals surface area contributed by atoms with Crippen molar-refractivity contribution in [1.82, 2.24) is 0 Å². The molecule has 1 aromatic carbocycles. The summed E-state index contributed by atoms with van der Waals surface area (Å²) in [4.78, 5) is 1.05. The number of benzene rings is 1. The van der Waals surface area contributed by atoms with Gasteiger partial charge in [0.05, 0.1) is 7.11 Å². The van der Waals surface area contributed by atoms with E-state index in [4.69, 9.17) is 4.74 Å². The summed E-state index contributed by atoms with van der Waals surface area (Å²) in [7, 11) is -0.551. The van der Waals surface area contributed by atoms with E-state index in [0.717, 1.165) is 11.2 Å². The number of ether oxygens (including phenoxy) is 1. The summed E-state index contributed by atoms with van der Waals surface area (Å²) >= 11 is 4.01. The average molecular weight is 250 g/mol. The summed E-state index contributed by atoms with van der Waals surface area (Å²) in [6.07, 6.45) is 1.15. The molecule has 14 heavy (non-hydrogen) atoms. The first-order valence-corrected chi connectivity index (χ1v) is 7.44. The highest BCUT2D eigenvalue weighted by Crippen LogP contribution is 2.30. The summed E-state index contributed by atoms with van der Waals surface area (Å²) in [6, 6.07) is 4.86. The van der Waals surface area contributed by atoms with Gasteiger partial charge in [0, 0.05) is 11.2 Å². The van der Waals surface area contributed by atoms with Gasteiger partial charge in [-0.3, -0.25) is 0 Å². The molecule has 1 rings (SSSR count). The van der Waals surface area contributed by atoms with E-state index in [-0.39, 0.29) is 4.90 Å². The van der Waals surface area contributed by atoms with Crippen molar-refractivity contribution in [3.8, 4) is 5.75 Å². The van der Waals surface area contributed by atoms with E-state index in [0.29, 0.717) is 5.75 Å². The molecular weight excluding hydrogens is 240 g/mol. The first kappa shape index (κ1) is 11.7. The molecule has 0 aromatic heterocycles. The lowest BCUT2D eigenvalue weighted by atomic mass is 10.3. The molecule has 0 N–H and O–H groups in total. The van der Waals surface area contributed by atoms with Crippen molar-refractivity contribution in [2.24, 2.45) is 0 Å². The molecule has 0 aliphatic rings. The maximum Gasteiger partial charge on any atom is 0.179 e. The number of methoxy groups -OCH3 is 1. The van der Waals surface area contributed by atoms with Gasteiger partial charge in [-0.1, -0.05) is 10.8 Å². The van der Waals surface area contributed by atoms with Crippen LogP contribution in [0.15, 0.2) is 28.0 Å². The average Bonchev–Trinajstić information content (AvgIpc) is 2.15. The zero-order valence-corrected chi connectivity index (χ0v) is 10.2. The van der Waals surface area contributed by atoms with Crippen LogP contribution in [0.25, 0.3) is 0 Å². The third-order valence-electron chi connectivity index (χ3n) is 1.64. The molecule has 0 saturated carbocycles. The Balaban J connectivity index is 3.33. The van der Waals surface area contributed by atoms with Crippen LogP contribution in [-0.4, -0.2) is 21.8 Å². The first-order valence-electron chi connectivity index (χ1n) is 3.68. The third kappa shape index (κ3) is 2.59. The second-order valence-electron chi connectivity index (χ2n) is 2.68. The lowest BCUT2D eigenvalue weighted by molar-refractivity contribution is 0.401. The fraction of sp³-hybridized carbons (Fsp3) is 0.250. The third-order valence-corrected chi connectivity index (χ3v) is 3.87. The molecule has 0 bridgehead atoms. The molecule has 0 atom stereocenters. The van der Waals surface area contributed by atoms with Crippen LogP contribution in [-0.2, 0) is 9.84 Å². The van der Waals surface area contributed by atoms with Crippen LogP contribution in [0.5, 0.6) is 5.75 Å². The van der Waals surface area contributed by atoms with Gasteiger partial charge in [0.25, 0.3) is 0 Å². The fourth-order valence-electron chi connectivity index (χ4n) is 1.01. The Labute approximate surface area is 92.6 Å². The van der Waals surface area contributed by atoms with Gasteiger partial charge in [0.2, 0.25) is 0 Å². The standard InChI is InChI=1S/C8H10O3S3/c1-11-7-5-6(13-12)3-4-8(7)14(2,9)10/h3-5,12H,1-2H3. The quantitative estimate of drug-likeness (QED) is 0.658. The van der Waals surface area contributed by atoms with Gasteiger partial charge in [-0.15, -0.1) is 11.7 Å². The van der Waals surface area contributed by atoms with Crippen molar-refractivity contribution in [2.45, 2.75) is 9.79 Å². The predicted octanol–water partition coefficient (Wildman–Crippen LogP) is 2.04. The molecule has 0 amide bonds. The fourth-order valence-corrected chi connectivity index (χ4v) is 2.46. The Bertz CT molecular complexity index is 425. The van der Waals surface area contributed by atoms with Crippen LogP contribution >= 0.6 is 22.5 Å². The van der Waals surface area contributed by atoms with E-state index in [2.05, 4.69) is 11.7 Å². The van der Waals surface area contributed by atoms with Crippen molar-refractivity contribution in [3.63, 3.8) is 0 Å². The Morgan fingerprint density at radius 3 is 2.50 bits per heavy atom. The normalized spacial score (nSPS) is 11.4. The first-order chi connectivity index (χ1) is 6.49. The summed E-state index contributed by atoms with van der Waals surface area (Å²) in [5.41, 5.74) is 0. The SMILES string of the molecule is COc1cc(SS)ccc1S(C)(=O)=O. The topological polar surface area (TPSA) is 43.4 Å². The number of rotatable bonds is 3. The molecule has 6 heteroatoms. The highest BCUT2D eigenvalue weighted by Gasteiger charge is 2.14. The van der Waals surface area contributed by atoms with Gasteiger partial charge in [-0.2, -0.15) is 0 Å². The van der Waals surface area contributed by atoms with Gasteiger partial charge in [0.15, 0.2) is 9.84 Å². The van der Waals surface area contributed by atoms with E-state index in [1.165, 1.54) is 24.0 Å². The summed E-state index contributed by atoms with van der Waals surface area (Å²) in [6.45, 7) is 0. The van der Waals surface area contributed by atoms with Crippen molar-refractivity contribution < 1.29 is 13.2 Å². The molecule has 0 saturated heterocycles. The number of hydrogen-bond acceptors (Lipinski definition) is 5. The molecule has 0 aliphatic heterocycles. The van der Waals surface area contributed by atoms with Gasteiger partial charge < -0.3 is 4.74 Å². The van der Waals surface area contributed by atoms with E-state index >= 15 is 0 Å². The number of thiol groups is 1. The molecule has 1 aromatic rings. The van der Waals surface area contributed by atoms with Crippen molar-refractivity contribution >= 4 is 32.3 Å². The van der Waals surface area contributed by atoms with Gasteiger partial charge in [0.1, 0.15) is 10.6 Å². The molecule has 0 heterocycles. The Hall–Kier alpha value is -0.330. The molecule has 0 fully saturated rings. The zero-order chi connectivity index (χ0) is 10.8. The van der Waals surface area contributed by atoms with Crippen LogP contribution < -0.4 is 4.74 Å². The maximum atomic E-state index is 11.3. The minimum Gasteiger partial charge on any atom is -0.495 e.